The van der Waals surface area contributed by atoms with Gasteiger partial charge in [0.05, 0.1) is 12.1 Å². The average molecular weight is 246 g/mol. The summed E-state index contributed by atoms with van der Waals surface area (Å²) in [5, 5.41) is 10.4. The first-order valence-electron chi connectivity index (χ1n) is 5.56. The molecule has 7 nitrogen and oxygen atoms in total. The van der Waals surface area contributed by atoms with Crippen molar-refractivity contribution < 1.29 is 4.79 Å². The van der Waals surface area contributed by atoms with Gasteiger partial charge < -0.3 is 15.6 Å². The fourth-order valence-corrected chi connectivity index (χ4v) is 1.53. The molecule has 7 heteroatoms. The fourth-order valence-electron chi connectivity index (χ4n) is 1.53. The number of aromatic nitrogens is 4. The summed E-state index contributed by atoms with van der Waals surface area (Å²) < 4.78 is 1.85. The van der Waals surface area contributed by atoms with E-state index >= 15 is 0 Å². The van der Waals surface area contributed by atoms with Crippen LogP contribution in [-0.4, -0.2) is 25.7 Å². The first kappa shape index (κ1) is 12.0. The molecule has 0 aliphatic rings. The van der Waals surface area contributed by atoms with Gasteiger partial charge in [-0.15, -0.1) is 10.2 Å². The van der Waals surface area contributed by atoms with E-state index in [-0.39, 0.29) is 5.91 Å². The van der Waals surface area contributed by atoms with Gasteiger partial charge in [-0.05, 0) is 13.0 Å². The van der Waals surface area contributed by atoms with Gasteiger partial charge in [-0.2, -0.15) is 0 Å². The molecule has 2 aromatic heterocycles. The van der Waals surface area contributed by atoms with Crippen molar-refractivity contribution in [1.29, 1.82) is 0 Å². The zero-order chi connectivity index (χ0) is 13.0. The number of rotatable bonds is 4. The lowest BCUT2D eigenvalue weighted by molar-refractivity contribution is 0.0950. The van der Waals surface area contributed by atoms with Crippen LogP contribution in [0.1, 0.15) is 23.1 Å². The monoisotopic (exact) mass is 246 g/mol. The summed E-state index contributed by atoms with van der Waals surface area (Å²) in [6.45, 7) is 3.04. The Morgan fingerprint density at radius 1 is 1.56 bits per heavy atom. The molecule has 2 heterocycles. The molecule has 0 unspecified atom stereocenters. The zero-order valence-electron chi connectivity index (χ0n) is 10.00. The Kier molecular flexibility index (Phi) is 3.52. The van der Waals surface area contributed by atoms with E-state index in [9.17, 15) is 4.79 Å². The van der Waals surface area contributed by atoms with Gasteiger partial charge >= 0.3 is 0 Å². The highest BCUT2D eigenvalue weighted by molar-refractivity contribution is 5.98. The number of nitrogen functional groups attached to an aromatic ring is 1. The molecule has 0 aliphatic heterocycles. The molecular weight excluding hydrogens is 232 g/mol. The minimum Gasteiger partial charge on any atom is -0.398 e. The summed E-state index contributed by atoms with van der Waals surface area (Å²) >= 11 is 0. The number of nitrogens with one attached hydrogen (secondary N) is 1. The third-order valence-corrected chi connectivity index (χ3v) is 2.54. The normalized spacial score (nSPS) is 10.3. The predicted octanol–water partition coefficient (Wildman–Crippen LogP) is 0.205. The number of hydrogen-bond donors (Lipinski definition) is 2. The third-order valence-electron chi connectivity index (χ3n) is 2.54. The molecule has 0 fully saturated rings. The van der Waals surface area contributed by atoms with E-state index in [2.05, 4.69) is 20.5 Å². The number of carbonyl (C=O) groups excluding carboxylic acids is 1. The average Bonchev–Trinajstić information content (AvgIpc) is 2.84. The fraction of sp³-hybridized carbons (Fsp3) is 0.273. The summed E-state index contributed by atoms with van der Waals surface area (Å²) in [6, 6.07) is 1.59. The van der Waals surface area contributed by atoms with Crippen LogP contribution in [0, 0.1) is 0 Å². The van der Waals surface area contributed by atoms with Gasteiger partial charge in [0, 0.05) is 24.6 Å². The van der Waals surface area contributed by atoms with Gasteiger partial charge in [-0.1, -0.05) is 0 Å². The molecule has 0 radical (unpaired) electrons. The van der Waals surface area contributed by atoms with E-state index in [0.29, 0.717) is 23.6 Å². The maximum absolute atomic E-state index is 11.9. The van der Waals surface area contributed by atoms with Crippen molar-refractivity contribution in [2.45, 2.75) is 20.0 Å². The van der Waals surface area contributed by atoms with Crippen molar-refractivity contribution in [3.8, 4) is 0 Å². The summed E-state index contributed by atoms with van der Waals surface area (Å²) in [5.74, 6) is 0.430. The lowest BCUT2D eigenvalue weighted by Gasteiger charge is -2.07. The van der Waals surface area contributed by atoms with Crippen LogP contribution < -0.4 is 11.1 Å². The minimum absolute atomic E-state index is 0.272. The van der Waals surface area contributed by atoms with Crippen LogP contribution >= 0.6 is 0 Å². The Labute approximate surface area is 104 Å². The molecule has 0 bridgehead atoms. The van der Waals surface area contributed by atoms with Crippen molar-refractivity contribution >= 4 is 11.6 Å². The van der Waals surface area contributed by atoms with Crippen LogP contribution in [0.4, 0.5) is 5.69 Å². The number of pyridine rings is 1. The summed E-state index contributed by atoms with van der Waals surface area (Å²) in [6.07, 6.45) is 4.61. The zero-order valence-corrected chi connectivity index (χ0v) is 10.00. The van der Waals surface area contributed by atoms with E-state index in [1.54, 1.807) is 18.6 Å². The molecule has 2 aromatic rings. The first-order chi connectivity index (χ1) is 8.72. The first-order valence-corrected chi connectivity index (χ1v) is 5.56. The summed E-state index contributed by atoms with van der Waals surface area (Å²) in [4.78, 5) is 15.7. The van der Waals surface area contributed by atoms with Crippen LogP contribution in [0.15, 0.2) is 24.8 Å². The molecular formula is C11H14N6O. The maximum Gasteiger partial charge on any atom is 0.255 e. The lowest BCUT2D eigenvalue weighted by atomic mass is 10.2. The van der Waals surface area contributed by atoms with E-state index in [4.69, 9.17) is 5.73 Å². The molecule has 2 rings (SSSR count). The van der Waals surface area contributed by atoms with E-state index in [1.807, 2.05) is 11.5 Å². The quantitative estimate of drug-likeness (QED) is 0.803. The van der Waals surface area contributed by atoms with Gasteiger partial charge in [0.2, 0.25) is 0 Å². The van der Waals surface area contributed by atoms with E-state index in [0.717, 1.165) is 6.54 Å². The Morgan fingerprint density at radius 2 is 2.39 bits per heavy atom. The number of nitrogens with two attached hydrogens (primary N) is 1. The topological polar surface area (TPSA) is 98.7 Å². The van der Waals surface area contributed by atoms with Crippen LogP contribution in [-0.2, 0) is 13.1 Å². The van der Waals surface area contributed by atoms with Gasteiger partial charge in [0.1, 0.15) is 6.33 Å². The van der Waals surface area contributed by atoms with E-state index in [1.165, 1.54) is 6.20 Å². The Hall–Kier alpha value is -2.44. The molecule has 0 saturated carbocycles. The van der Waals surface area contributed by atoms with Gasteiger partial charge in [-0.25, -0.2) is 0 Å². The highest BCUT2D eigenvalue weighted by Crippen LogP contribution is 2.08. The van der Waals surface area contributed by atoms with Crippen molar-refractivity contribution in [3.05, 3.63) is 36.2 Å². The highest BCUT2D eigenvalue weighted by atomic mass is 16.1. The van der Waals surface area contributed by atoms with Crippen LogP contribution in [0.5, 0.6) is 0 Å². The summed E-state index contributed by atoms with van der Waals surface area (Å²) in [7, 11) is 0. The minimum atomic E-state index is -0.272. The predicted molar refractivity (Wildman–Crippen MR) is 65.5 cm³/mol. The number of aryl methyl sites for hydroxylation is 1. The largest absolute Gasteiger partial charge is 0.398 e. The van der Waals surface area contributed by atoms with Crippen LogP contribution in [0.3, 0.4) is 0 Å². The maximum atomic E-state index is 11.9. The number of nitrogens with zero attached hydrogens (tertiary/aromatic N) is 4. The standard InChI is InChI=1S/C11H14N6O/c1-2-17-7-15-16-10(17)6-14-11(18)8-5-13-4-3-9(8)12/h3-5,7H,2,6H2,1H3,(H2,12,13)(H,14,18). The Balaban J connectivity index is 2.03. The van der Waals surface area contributed by atoms with Crippen LogP contribution in [0.25, 0.3) is 0 Å². The second-order valence-electron chi connectivity index (χ2n) is 3.68. The van der Waals surface area contributed by atoms with E-state index < -0.39 is 0 Å². The molecule has 0 aromatic carbocycles. The number of carbonyl (C=O) groups is 1. The van der Waals surface area contributed by atoms with Gasteiger partial charge in [-0.3, -0.25) is 9.78 Å². The number of anilines is 1. The van der Waals surface area contributed by atoms with Gasteiger partial charge in [0.25, 0.3) is 5.91 Å². The summed E-state index contributed by atoms with van der Waals surface area (Å²) in [5.41, 5.74) is 6.46. The van der Waals surface area contributed by atoms with Crippen molar-refractivity contribution in [2.24, 2.45) is 0 Å². The Morgan fingerprint density at radius 3 is 3.11 bits per heavy atom. The highest BCUT2D eigenvalue weighted by Gasteiger charge is 2.10. The molecule has 94 valence electrons. The lowest BCUT2D eigenvalue weighted by Crippen LogP contribution is -2.25. The van der Waals surface area contributed by atoms with Crippen molar-refractivity contribution in [3.63, 3.8) is 0 Å². The molecule has 0 aliphatic carbocycles. The van der Waals surface area contributed by atoms with Crippen molar-refractivity contribution in [2.75, 3.05) is 5.73 Å². The second-order valence-corrected chi connectivity index (χ2v) is 3.68. The molecule has 3 N–H and O–H groups in total. The SMILES string of the molecule is CCn1cnnc1CNC(=O)c1cnccc1N. The Bertz CT molecular complexity index is 550. The number of hydrogen-bond acceptors (Lipinski definition) is 5. The molecule has 0 atom stereocenters. The molecule has 0 spiro atoms. The van der Waals surface area contributed by atoms with Gasteiger partial charge in [0.15, 0.2) is 5.82 Å². The van der Waals surface area contributed by atoms with Crippen molar-refractivity contribution in [1.82, 2.24) is 25.1 Å². The molecule has 0 saturated heterocycles. The number of amides is 1. The molecule has 1 amide bonds. The second kappa shape index (κ2) is 5.26. The van der Waals surface area contributed by atoms with Crippen LogP contribution in [0.2, 0.25) is 0 Å². The smallest absolute Gasteiger partial charge is 0.255 e. The molecule has 18 heavy (non-hydrogen) atoms. The third kappa shape index (κ3) is 2.45.